The number of amides is 2. The van der Waals surface area contributed by atoms with Crippen LogP contribution in [-0.2, 0) is 11.4 Å². The zero-order valence-electron chi connectivity index (χ0n) is 18.0. The van der Waals surface area contributed by atoms with Crippen molar-refractivity contribution in [1.82, 2.24) is 10.3 Å². The summed E-state index contributed by atoms with van der Waals surface area (Å²) in [5, 5.41) is 7.83. The monoisotopic (exact) mass is 451 g/mol. The van der Waals surface area contributed by atoms with Crippen LogP contribution in [0.25, 0.3) is 0 Å². The van der Waals surface area contributed by atoms with Gasteiger partial charge in [0.2, 0.25) is 5.91 Å². The molecule has 1 fully saturated rings. The van der Waals surface area contributed by atoms with Crippen LogP contribution in [0, 0.1) is 5.92 Å². The maximum absolute atomic E-state index is 12.8. The molecule has 0 bridgehead atoms. The predicted molar refractivity (Wildman–Crippen MR) is 123 cm³/mol. The summed E-state index contributed by atoms with van der Waals surface area (Å²) in [7, 11) is 1.54. The second-order valence-electron chi connectivity index (χ2n) is 7.71. The quantitative estimate of drug-likeness (QED) is 0.497. The van der Waals surface area contributed by atoms with Crippen molar-refractivity contribution < 1.29 is 19.1 Å². The van der Waals surface area contributed by atoms with Gasteiger partial charge in [0.05, 0.1) is 24.4 Å². The average Bonchev–Trinajstić information content (AvgIpc) is 3.54. The highest BCUT2D eigenvalue weighted by Crippen LogP contribution is 2.31. The lowest BCUT2D eigenvalue weighted by atomic mass is 10.1. The number of ether oxygens (including phenoxy) is 2. The Morgan fingerprint density at radius 3 is 2.59 bits per heavy atom. The van der Waals surface area contributed by atoms with Crippen molar-refractivity contribution in [1.29, 1.82) is 0 Å². The fourth-order valence-corrected chi connectivity index (χ4v) is 3.74. The summed E-state index contributed by atoms with van der Waals surface area (Å²) in [6.07, 6.45) is 1.94. The molecule has 0 saturated heterocycles. The molecule has 1 aromatic heterocycles. The van der Waals surface area contributed by atoms with Crippen molar-refractivity contribution in [3.05, 3.63) is 70.2 Å². The Balaban J connectivity index is 1.36. The molecular formula is C24H25N3O4S. The van der Waals surface area contributed by atoms with E-state index in [9.17, 15) is 9.59 Å². The first-order valence-electron chi connectivity index (χ1n) is 10.4. The number of hydrogen-bond acceptors (Lipinski definition) is 6. The second-order valence-corrected chi connectivity index (χ2v) is 8.43. The lowest BCUT2D eigenvalue weighted by Crippen LogP contribution is -2.26. The molecule has 3 aromatic rings. The number of rotatable bonds is 9. The van der Waals surface area contributed by atoms with Crippen LogP contribution in [0.4, 0.5) is 5.69 Å². The smallest absolute Gasteiger partial charge is 0.251 e. The standard InChI is InChI=1S/C24H25N3O4S/c1-15(16-5-8-19(9-6-16)27-23(28)17-3-4-17)26-24(29)18-7-10-21(22(11-18)30-2)31-12-20-13-32-14-25-20/h5-11,13-15,17H,3-4,12H2,1-2H3,(H,26,29)(H,27,28). The lowest BCUT2D eigenvalue weighted by Gasteiger charge is -2.16. The van der Waals surface area contributed by atoms with E-state index in [0.717, 1.165) is 29.8 Å². The van der Waals surface area contributed by atoms with E-state index in [2.05, 4.69) is 15.6 Å². The number of hydrogen-bond donors (Lipinski definition) is 2. The normalized spacial score (nSPS) is 13.8. The number of benzene rings is 2. The summed E-state index contributed by atoms with van der Waals surface area (Å²) in [5.74, 6) is 1.05. The number of nitrogens with one attached hydrogen (secondary N) is 2. The number of nitrogens with zero attached hydrogens (tertiary/aromatic N) is 1. The van der Waals surface area contributed by atoms with Gasteiger partial charge in [0.15, 0.2) is 11.5 Å². The van der Waals surface area contributed by atoms with E-state index in [1.807, 2.05) is 36.6 Å². The van der Waals surface area contributed by atoms with Gasteiger partial charge in [-0.05, 0) is 55.7 Å². The molecule has 7 nitrogen and oxygen atoms in total. The van der Waals surface area contributed by atoms with Gasteiger partial charge in [0.25, 0.3) is 5.91 Å². The number of methoxy groups -OCH3 is 1. The van der Waals surface area contributed by atoms with E-state index in [4.69, 9.17) is 9.47 Å². The Bertz CT molecular complexity index is 1080. The van der Waals surface area contributed by atoms with E-state index in [0.29, 0.717) is 23.7 Å². The van der Waals surface area contributed by atoms with Crippen LogP contribution in [0.3, 0.4) is 0 Å². The molecule has 4 rings (SSSR count). The first-order chi connectivity index (χ1) is 15.5. The molecule has 0 spiro atoms. The van der Waals surface area contributed by atoms with Crippen molar-refractivity contribution in [2.75, 3.05) is 12.4 Å². The zero-order valence-corrected chi connectivity index (χ0v) is 18.8. The molecule has 0 radical (unpaired) electrons. The van der Waals surface area contributed by atoms with E-state index < -0.39 is 0 Å². The van der Waals surface area contributed by atoms with Crippen LogP contribution >= 0.6 is 11.3 Å². The maximum Gasteiger partial charge on any atom is 0.251 e. The number of aromatic nitrogens is 1. The summed E-state index contributed by atoms with van der Waals surface area (Å²) >= 11 is 1.51. The minimum absolute atomic E-state index is 0.0760. The SMILES string of the molecule is COc1cc(C(=O)NC(C)c2ccc(NC(=O)C3CC3)cc2)ccc1OCc1cscn1. The third-order valence-electron chi connectivity index (χ3n) is 5.26. The zero-order chi connectivity index (χ0) is 22.5. The molecule has 1 aliphatic carbocycles. The molecule has 1 heterocycles. The Labute approximate surface area is 190 Å². The number of carbonyl (C=O) groups is 2. The van der Waals surface area contributed by atoms with Crippen LogP contribution in [0.1, 0.15) is 47.4 Å². The van der Waals surface area contributed by atoms with Crippen molar-refractivity contribution in [3.63, 3.8) is 0 Å². The van der Waals surface area contributed by atoms with Crippen LogP contribution in [0.5, 0.6) is 11.5 Å². The van der Waals surface area contributed by atoms with Crippen LogP contribution in [-0.4, -0.2) is 23.9 Å². The van der Waals surface area contributed by atoms with E-state index >= 15 is 0 Å². The number of anilines is 1. The molecule has 1 saturated carbocycles. The van der Waals surface area contributed by atoms with Crippen molar-refractivity contribution >= 4 is 28.8 Å². The van der Waals surface area contributed by atoms with Crippen molar-refractivity contribution in [2.24, 2.45) is 5.92 Å². The number of carbonyl (C=O) groups excluding carboxylic acids is 2. The largest absolute Gasteiger partial charge is 0.493 e. The minimum atomic E-state index is -0.215. The van der Waals surface area contributed by atoms with Gasteiger partial charge >= 0.3 is 0 Å². The summed E-state index contributed by atoms with van der Waals surface area (Å²) in [6.45, 7) is 2.25. The Morgan fingerprint density at radius 1 is 1.16 bits per heavy atom. The summed E-state index contributed by atoms with van der Waals surface area (Å²) in [6, 6.07) is 12.4. The fourth-order valence-electron chi connectivity index (χ4n) is 3.20. The van der Waals surface area contributed by atoms with Crippen molar-refractivity contribution in [3.8, 4) is 11.5 Å². The Morgan fingerprint density at radius 2 is 1.94 bits per heavy atom. The molecule has 0 aliphatic heterocycles. The third-order valence-corrected chi connectivity index (χ3v) is 5.89. The second kappa shape index (κ2) is 9.82. The molecule has 32 heavy (non-hydrogen) atoms. The highest BCUT2D eigenvalue weighted by molar-refractivity contribution is 7.07. The Kier molecular flexibility index (Phi) is 6.70. The van der Waals surface area contributed by atoms with Gasteiger partial charge in [-0.15, -0.1) is 11.3 Å². The van der Waals surface area contributed by atoms with Gasteiger partial charge in [-0.2, -0.15) is 0 Å². The molecular weight excluding hydrogens is 426 g/mol. The van der Waals surface area contributed by atoms with Crippen LogP contribution in [0.2, 0.25) is 0 Å². The van der Waals surface area contributed by atoms with E-state index in [-0.39, 0.29) is 23.8 Å². The van der Waals surface area contributed by atoms with Gasteiger partial charge in [-0.3, -0.25) is 9.59 Å². The molecule has 166 valence electrons. The summed E-state index contributed by atoms with van der Waals surface area (Å²) < 4.78 is 11.2. The summed E-state index contributed by atoms with van der Waals surface area (Å²) in [4.78, 5) is 28.8. The first-order valence-corrected chi connectivity index (χ1v) is 11.4. The van der Waals surface area contributed by atoms with Gasteiger partial charge in [-0.1, -0.05) is 12.1 Å². The molecule has 8 heteroatoms. The predicted octanol–water partition coefficient (Wildman–Crippen LogP) is 4.57. The molecule has 2 amide bonds. The highest BCUT2D eigenvalue weighted by atomic mass is 32.1. The van der Waals surface area contributed by atoms with Crippen molar-refractivity contribution in [2.45, 2.75) is 32.4 Å². The third kappa shape index (κ3) is 5.45. The minimum Gasteiger partial charge on any atom is -0.493 e. The number of thiazole rings is 1. The van der Waals surface area contributed by atoms with E-state index in [1.54, 1.807) is 30.8 Å². The van der Waals surface area contributed by atoms with Gasteiger partial charge in [-0.25, -0.2) is 4.98 Å². The van der Waals surface area contributed by atoms with Gasteiger partial charge < -0.3 is 20.1 Å². The molecule has 1 atom stereocenters. The fraction of sp³-hybridized carbons (Fsp3) is 0.292. The first kappa shape index (κ1) is 21.8. The highest BCUT2D eigenvalue weighted by Gasteiger charge is 2.29. The Hall–Kier alpha value is -3.39. The summed E-state index contributed by atoms with van der Waals surface area (Å²) in [5.41, 5.74) is 4.77. The molecule has 2 N–H and O–H groups in total. The average molecular weight is 452 g/mol. The topological polar surface area (TPSA) is 89.6 Å². The maximum atomic E-state index is 12.8. The van der Waals surface area contributed by atoms with Gasteiger partial charge in [0, 0.05) is 22.5 Å². The van der Waals surface area contributed by atoms with Gasteiger partial charge in [0.1, 0.15) is 6.61 Å². The lowest BCUT2D eigenvalue weighted by molar-refractivity contribution is -0.117. The molecule has 1 aliphatic rings. The van der Waals surface area contributed by atoms with Crippen LogP contribution < -0.4 is 20.1 Å². The molecule has 1 unspecified atom stereocenters. The van der Waals surface area contributed by atoms with E-state index in [1.165, 1.54) is 11.3 Å². The van der Waals surface area contributed by atoms with Crippen LogP contribution in [0.15, 0.2) is 53.4 Å². The molecule has 2 aromatic carbocycles.